The standard InChI is InChI=1S/C21H30N4O7S/c1-22-11-4-6-19(22)16-23(13-15-32-3)21(26)17-24(12-5-14-31-2)33(29,30)20-9-7-18(8-10-20)25(27)28/h4,6-11H,5,12-17H2,1-3H3. The fourth-order valence-electron chi connectivity index (χ4n) is 3.16. The molecular weight excluding hydrogens is 452 g/mol. The first-order valence-electron chi connectivity index (χ1n) is 10.3. The third-order valence-electron chi connectivity index (χ3n) is 5.08. The molecule has 0 saturated carbocycles. The maximum atomic E-state index is 13.3. The van der Waals surface area contributed by atoms with Gasteiger partial charge >= 0.3 is 0 Å². The molecule has 0 bridgehead atoms. The molecule has 0 N–H and O–H groups in total. The summed E-state index contributed by atoms with van der Waals surface area (Å²) in [5, 5.41) is 10.9. The molecule has 0 spiro atoms. The molecule has 33 heavy (non-hydrogen) atoms. The van der Waals surface area contributed by atoms with Gasteiger partial charge in [-0.2, -0.15) is 4.31 Å². The van der Waals surface area contributed by atoms with Gasteiger partial charge in [-0.1, -0.05) is 0 Å². The molecular formula is C21H30N4O7S. The fourth-order valence-corrected chi connectivity index (χ4v) is 4.59. The number of nitro groups is 1. The zero-order valence-corrected chi connectivity index (χ0v) is 19.9. The van der Waals surface area contributed by atoms with Gasteiger partial charge in [0.2, 0.25) is 15.9 Å². The van der Waals surface area contributed by atoms with Crippen LogP contribution in [0, 0.1) is 10.1 Å². The van der Waals surface area contributed by atoms with E-state index >= 15 is 0 Å². The molecule has 1 aromatic carbocycles. The van der Waals surface area contributed by atoms with Crippen molar-refractivity contribution in [2.24, 2.45) is 7.05 Å². The van der Waals surface area contributed by atoms with Crippen LogP contribution < -0.4 is 0 Å². The van der Waals surface area contributed by atoms with Crippen LogP contribution in [0.15, 0.2) is 47.5 Å². The number of hydrogen-bond acceptors (Lipinski definition) is 7. The SMILES string of the molecule is COCCCN(CC(=O)N(CCOC)Cc1cccn1C)S(=O)(=O)c1ccc([N+](=O)[O-])cc1. The molecule has 0 aliphatic carbocycles. The molecule has 2 aromatic rings. The van der Waals surface area contributed by atoms with E-state index in [4.69, 9.17) is 9.47 Å². The van der Waals surface area contributed by atoms with Gasteiger partial charge in [-0.05, 0) is 30.7 Å². The average molecular weight is 483 g/mol. The van der Waals surface area contributed by atoms with E-state index in [-0.39, 0.29) is 29.6 Å². The Balaban J connectivity index is 2.27. The number of aryl methyl sites for hydroxylation is 1. The van der Waals surface area contributed by atoms with Gasteiger partial charge in [-0.15, -0.1) is 0 Å². The van der Waals surface area contributed by atoms with E-state index in [1.807, 2.05) is 29.9 Å². The molecule has 0 aliphatic heterocycles. The van der Waals surface area contributed by atoms with E-state index < -0.39 is 14.9 Å². The van der Waals surface area contributed by atoms with Crippen molar-refractivity contribution in [3.05, 3.63) is 58.4 Å². The van der Waals surface area contributed by atoms with Crippen LogP contribution in [0.2, 0.25) is 0 Å². The highest BCUT2D eigenvalue weighted by molar-refractivity contribution is 7.89. The van der Waals surface area contributed by atoms with E-state index in [9.17, 15) is 23.3 Å². The molecule has 11 nitrogen and oxygen atoms in total. The Bertz CT molecular complexity index is 1020. The highest BCUT2D eigenvalue weighted by atomic mass is 32.2. The Morgan fingerprint density at radius 3 is 2.30 bits per heavy atom. The van der Waals surface area contributed by atoms with Crippen molar-refractivity contribution >= 4 is 21.6 Å². The highest BCUT2D eigenvalue weighted by Gasteiger charge is 2.29. The first kappa shape index (κ1) is 26.5. The van der Waals surface area contributed by atoms with Crippen molar-refractivity contribution in [3.63, 3.8) is 0 Å². The largest absolute Gasteiger partial charge is 0.385 e. The summed E-state index contributed by atoms with van der Waals surface area (Å²) in [5.74, 6) is -0.379. The van der Waals surface area contributed by atoms with E-state index in [0.29, 0.717) is 32.7 Å². The maximum absolute atomic E-state index is 13.3. The lowest BCUT2D eigenvalue weighted by Crippen LogP contribution is -2.44. The summed E-state index contributed by atoms with van der Waals surface area (Å²) in [6, 6.07) is 8.36. The van der Waals surface area contributed by atoms with Crippen molar-refractivity contribution in [1.29, 1.82) is 0 Å². The minimum absolute atomic E-state index is 0.0567. The van der Waals surface area contributed by atoms with Gasteiger partial charge in [0.25, 0.3) is 5.69 Å². The van der Waals surface area contributed by atoms with E-state index in [1.54, 1.807) is 4.90 Å². The monoisotopic (exact) mass is 482 g/mol. The first-order valence-corrected chi connectivity index (χ1v) is 11.7. The van der Waals surface area contributed by atoms with Gasteiger partial charge in [-0.25, -0.2) is 8.42 Å². The smallest absolute Gasteiger partial charge is 0.269 e. The lowest BCUT2D eigenvalue weighted by molar-refractivity contribution is -0.384. The van der Waals surface area contributed by atoms with Gasteiger partial charge in [-0.3, -0.25) is 14.9 Å². The van der Waals surface area contributed by atoms with Gasteiger partial charge in [0, 0.05) is 65.0 Å². The predicted octanol–water partition coefficient (Wildman–Crippen LogP) is 1.64. The van der Waals surface area contributed by atoms with Gasteiger partial charge < -0.3 is 18.9 Å². The summed E-state index contributed by atoms with van der Waals surface area (Å²) in [7, 11) is 0.829. The fraction of sp³-hybridized carbons (Fsp3) is 0.476. The Morgan fingerprint density at radius 2 is 1.76 bits per heavy atom. The number of non-ortho nitro benzene ring substituents is 1. The zero-order valence-electron chi connectivity index (χ0n) is 19.0. The van der Waals surface area contributed by atoms with Crippen molar-refractivity contribution in [2.75, 3.05) is 47.1 Å². The van der Waals surface area contributed by atoms with E-state index in [1.165, 1.54) is 26.4 Å². The minimum atomic E-state index is -4.07. The van der Waals surface area contributed by atoms with Crippen molar-refractivity contribution in [3.8, 4) is 0 Å². The van der Waals surface area contributed by atoms with Crippen LogP contribution in [-0.2, 0) is 37.9 Å². The van der Waals surface area contributed by atoms with Crippen LogP contribution in [0.5, 0.6) is 0 Å². The van der Waals surface area contributed by atoms with Crippen molar-refractivity contribution in [2.45, 2.75) is 17.9 Å². The third kappa shape index (κ3) is 7.35. The Hall–Kier alpha value is -2.80. The number of carbonyl (C=O) groups is 1. The summed E-state index contributed by atoms with van der Waals surface area (Å²) in [6.45, 7) is 0.893. The van der Waals surface area contributed by atoms with Crippen LogP contribution in [0.25, 0.3) is 0 Å². The summed E-state index contributed by atoms with van der Waals surface area (Å²) < 4.78 is 39.7. The number of nitrogens with zero attached hydrogens (tertiary/aromatic N) is 4. The Morgan fingerprint density at radius 1 is 1.09 bits per heavy atom. The molecule has 0 radical (unpaired) electrons. The molecule has 1 heterocycles. The molecule has 1 amide bonds. The van der Waals surface area contributed by atoms with Crippen LogP contribution in [0.4, 0.5) is 5.69 Å². The molecule has 182 valence electrons. The van der Waals surface area contributed by atoms with Gasteiger partial charge in [0.1, 0.15) is 0 Å². The summed E-state index contributed by atoms with van der Waals surface area (Å²) in [5.41, 5.74) is 0.674. The molecule has 0 saturated heterocycles. The second-order valence-electron chi connectivity index (χ2n) is 7.35. The second kappa shape index (κ2) is 12.4. The molecule has 12 heteroatoms. The minimum Gasteiger partial charge on any atom is -0.385 e. The molecule has 0 unspecified atom stereocenters. The van der Waals surface area contributed by atoms with Crippen LogP contribution >= 0.6 is 0 Å². The van der Waals surface area contributed by atoms with Crippen LogP contribution in [0.1, 0.15) is 12.1 Å². The lowest BCUT2D eigenvalue weighted by atomic mass is 10.3. The number of ether oxygens (including phenoxy) is 2. The molecule has 0 aliphatic rings. The Kier molecular flexibility index (Phi) is 9.97. The number of sulfonamides is 1. The number of aromatic nitrogens is 1. The number of amides is 1. The number of methoxy groups -OCH3 is 2. The Labute approximate surface area is 193 Å². The molecule has 0 fully saturated rings. The topological polar surface area (TPSA) is 124 Å². The predicted molar refractivity (Wildman–Crippen MR) is 121 cm³/mol. The zero-order chi connectivity index (χ0) is 24.4. The third-order valence-corrected chi connectivity index (χ3v) is 6.93. The van der Waals surface area contributed by atoms with E-state index in [2.05, 4.69) is 0 Å². The second-order valence-corrected chi connectivity index (χ2v) is 9.29. The summed E-state index contributed by atoms with van der Waals surface area (Å²) in [6.07, 6.45) is 2.25. The molecule has 0 atom stereocenters. The number of benzene rings is 1. The van der Waals surface area contributed by atoms with Gasteiger partial charge in [0.15, 0.2) is 0 Å². The number of nitro benzene ring substituents is 1. The van der Waals surface area contributed by atoms with Crippen molar-refractivity contribution in [1.82, 2.24) is 13.8 Å². The van der Waals surface area contributed by atoms with E-state index in [0.717, 1.165) is 22.1 Å². The number of hydrogen-bond donors (Lipinski definition) is 0. The van der Waals surface area contributed by atoms with Gasteiger partial charge in [0.05, 0.1) is 29.5 Å². The molecule has 1 aromatic heterocycles. The lowest BCUT2D eigenvalue weighted by Gasteiger charge is -2.27. The summed E-state index contributed by atoms with van der Waals surface area (Å²) in [4.78, 5) is 24.9. The summed E-state index contributed by atoms with van der Waals surface area (Å²) >= 11 is 0. The van der Waals surface area contributed by atoms with Crippen LogP contribution in [-0.4, -0.2) is 80.1 Å². The quantitative estimate of drug-likeness (QED) is 0.228. The van der Waals surface area contributed by atoms with Crippen molar-refractivity contribution < 1.29 is 27.6 Å². The maximum Gasteiger partial charge on any atom is 0.269 e. The average Bonchev–Trinajstić information content (AvgIpc) is 3.20. The molecule has 2 rings (SSSR count). The highest BCUT2D eigenvalue weighted by Crippen LogP contribution is 2.20. The number of carbonyl (C=O) groups excluding carboxylic acids is 1. The van der Waals surface area contributed by atoms with Crippen LogP contribution in [0.3, 0.4) is 0 Å². The normalized spacial score (nSPS) is 11.6. The number of rotatable bonds is 14. The first-order chi connectivity index (χ1) is 15.7.